The highest BCUT2D eigenvalue weighted by Crippen LogP contribution is 2.38. The average Bonchev–Trinajstić information content (AvgIpc) is 2.84. The Hall–Kier alpha value is -3.23. The summed E-state index contributed by atoms with van der Waals surface area (Å²) in [5, 5.41) is 7.09. The second kappa shape index (κ2) is 7.34. The topological polar surface area (TPSA) is 115 Å². The molecule has 26 heavy (non-hydrogen) atoms. The van der Waals surface area contributed by atoms with Crippen molar-refractivity contribution < 1.29 is 28.6 Å². The molecule has 0 aromatic heterocycles. The van der Waals surface area contributed by atoms with E-state index in [1.165, 1.54) is 20.3 Å². The number of rotatable bonds is 4. The van der Waals surface area contributed by atoms with Crippen LogP contribution in [0.1, 0.15) is 26.3 Å². The van der Waals surface area contributed by atoms with Gasteiger partial charge in [-0.3, -0.25) is 15.4 Å². The molecule has 0 bridgehead atoms. The van der Waals surface area contributed by atoms with Gasteiger partial charge in [-0.25, -0.2) is 9.59 Å². The van der Waals surface area contributed by atoms with Gasteiger partial charge in [-0.05, 0) is 39.0 Å². The molecule has 9 nitrogen and oxygen atoms in total. The van der Waals surface area contributed by atoms with E-state index < -0.39 is 23.6 Å². The van der Waals surface area contributed by atoms with Crippen LogP contribution in [0.3, 0.4) is 0 Å². The quantitative estimate of drug-likeness (QED) is 0.558. The van der Waals surface area contributed by atoms with Crippen molar-refractivity contribution in [2.75, 3.05) is 19.5 Å². The van der Waals surface area contributed by atoms with Gasteiger partial charge in [0.15, 0.2) is 11.5 Å². The Kier molecular flexibility index (Phi) is 5.39. The number of amides is 4. The highest BCUT2D eigenvalue weighted by atomic mass is 16.6. The van der Waals surface area contributed by atoms with E-state index in [9.17, 15) is 14.4 Å². The van der Waals surface area contributed by atoms with Gasteiger partial charge in [0.25, 0.3) is 5.91 Å². The highest BCUT2D eigenvalue weighted by Gasteiger charge is 2.25. The predicted octanol–water partition coefficient (Wildman–Crippen LogP) is 2.23. The third kappa shape index (κ3) is 4.44. The van der Waals surface area contributed by atoms with Gasteiger partial charge >= 0.3 is 12.1 Å². The summed E-state index contributed by atoms with van der Waals surface area (Å²) in [6, 6.07) is 2.54. The number of carbonyl (C=O) groups excluding carboxylic acids is 3. The van der Waals surface area contributed by atoms with Gasteiger partial charge in [0, 0.05) is 5.56 Å². The molecule has 1 aromatic carbocycles. The van der Waals surface area contributed by atoms with Crippen LogP contribution < -0.4 is 25.4 Å². The summed E-state index contributed by atoms with van der Waals surface area (Å²) in [4.78, 5) is 35.3. The van der Waals surface area contributed by atoms with Crippen LogP contribution in [0.4, 0.5) is 15.3 Å². The zero-order valence-electron chi connectivity index (χ0n) is 15.2. The standard InChI is InChI=1S/C17H21N3O6/c1-17(2,3)26-16(23)19-10-6-7-12(24-4)13(25-5)9(10)8-11-14(21)20-15(22)18-11/h6-8H,1-5H3,(H,19,23)(H2,18,20,21,22)/b11-8-. The maximum Gasteiger partial charge on any atom is 0.412 e. The van der Waals surface area contributed by atoms with E-state index in [1.807, 2.05) is 0 Å². The van der Waals surface area contributed by atoms with Crippen LogP contribution in [-0.2, 0) is 9.53 Å². The molecule has 1 fully saturated rings. The normalized spacial score (nSPS) is 15.3. The van der Waals surface area contributed by atoms with E-state index in [-0.39, 0.29) is 11.4 Å². The van der Waals surface area contributed by atoms with Gasteiger partial charge < -0.3 is 19.5 Å². The number of urea groups is 1. The molecular weight excluding hydrogens is 342 g/mol. The average molecular weight is 363 g/mol. The van der Waals surface area contributed by atoms with Crippen LogP contribution in [0.25, 0.3) is 6.08 Å². The molecule has 1 saturated heterocycles. The van der Waals surface area contributed by atoms with Gasteiger partial charge in [-0.1, -0.05) is 0 Å². The summed E-state index contributed by atoms with van der Waals surface area (Å²) in [5.74, 6) is 0.0735. The summed E-state index contributed by atoms with van der Waals surface area (Å²) in [6.45, 7) is 5.22. The Labute approximate surface area is 150 Å². The summed E-state index contributed by atoms with van der Waals surface area (Å²) in [7, 11) is 2.88. The van der Waals surface area contributed by atoms with E-state index in [0.717, 1.165) is 0 Å². The molecule has 0 saturated carbocycles. The first-order valence-electron chi connectivity index (χ1n) is 7.73. The fraction of sp³-hybridized carbons (Fsp3) is 0.353. The molecule has 0 aliphatic carbocycles. The first-order valence-corrected chi connectivity index (χ1v) is 7.73. The predicted molar refractivity (Wildman–Crippen MR) is 94.1 cm³/mol. The molecule has 140 valence electrons. The van der Waals surface area contributed by atoms with Crippen molar-refractivity contribution >= 4 is 29.8 Å². The SMILES string of the molecule is COc1ccc(NC(=O)OC(C)(C)C)c(/C=C2\NC(=O)NC2=O)c1OC. The fourth-order valence-corrected chi connectivity index (χ4v) is 2.24. The van der Waals surface area contributed by atoms with Crippen molar-refractivity contribution in [3.05, 3.63) is 23.4 Å². The highest BCUT2D eigenvalue weighted by molar-refractivity contribution is 6.14. The molecule has 0 spiro atoms. The van der Waals surface area contributed by atoms with Crippen molar-refractivity contribution in [1.82, 2.24) is 10.6 Å². The smallest absolute Gasteiger partial charge is 0.412 e. The summed E-state index contributed by atoms with van der Waals surface area (Å²) >= 11 is 0. The number of carbonyl (C=O) groups is 3. The van der Waals surface area contributed by atoms with Crippen LogP contribution in [0.2, 0.25) is 0 Å². The fourth-order valence-electron chi connectivity index (χ4n) is 2.24. The van der Waals surface area contributed by atoms with Crippen LogP contribution >= 0.6 is 0 Å². The number of methoxy groups -OCH3 is 2. The van der Waals surface area contributed by atoms with Gasteiger partial charge in [-0.15, -0.1) is 0 Å². The number of hydrogen-bond acceptors (Lipinski definition) is 6. The lowest BCUT2D eigenvalue weighted by Crippen LogP contribution is -2.27. The third-order valence-corrected chi connectivity index (χ3v) is 3.23. The number of hydrogen-bond donors (Lipinski definition) is 3. The minimum atomic E-state index is -0.682. The summed E-state index contributed by atoms with van der Waals surface area (Å²) < 4.78 is 15.8. The molecule has 9 heteroatoms. The molecule has 1 heterocycles. The van der Waals surface area contributed by atoms with E-state index in [0.29, 0.717) is 17.0 Å². The Balaban J connectivity index is 2.48. The Morgan fingerprint density at radius 3 is 2.31 bits per heavy atom. The van der Waals surface area contributed by atoms with Crippen molar-refractivity contribution in [3.8, 4) is 11.5 Å². The lowest BCUT2D eigenvalue weighted by atomic mass is 10.1. The van der Waals surface area contributed by atoms with Crippen LogP contribution in [0, 0.1) is 0 Å². The summed E-state index contributed by atoms with van der Waals surface area (Å²) in [6.07, 6.45) is 0.707. The first-order chi connectivity index (χ1) is 12.1. The monoisotopic (exact) mass is 363 g/mol. The molecule has 3 N–H and O–H groups in total. The molecule has 1 aromatic rings. The van der Waals surface area contributed by atoms with Crippen molar-refractivity contribution in [1.29, 1.82) is 0 Å². The third-order valence-electron chi connectivity index (χ3n) is 3.23. The number of benzene rings is 1. The largest absolute Gasteiger partial charge is 0.493 e. The van der Waals surface area contributed by atoms with Gasteiger partial charge in [0.1, 0.15) is 11.3 Å². The van der Waals surface area contributed by atoms with Gasteiger partial charge in [-0.2, -0.15) is 0 Å². The Morgan fingerprint density at radius 1 is 1.12 bits per heavy atom. The molecule has 0 unspecified atom stereocenters. The molecule has 4 amide bonds. The van der Waals surface area contributed by atoms with Crippen molar-refractivity contribution in [2.24, 2.45) is 0 Å². The van der Waals surface area contributed by atoms with Crippen molar-refractivity contribution in [2.45, 2.75) is 26.4 Å². The lowest BCUT2D eigenvalue weighted by Gasteiger charge is -2.21. The van der Waals surface area contributed by atoms with E-state index in [4.69, 9.17) is 14.2 Å². The number of imide groups is 1. The lowest BCUT2D eigenvalue weighted by molar-refractivity contribution is -0.115. The van der Waals surface area contributed by atoms with Gasteiger partial charge in [0.05, 0.1) is 19.9 Å². The zero-order chi connectivity index (χ0) is 19.5. The number of nitrogens with one attached hydrogen (secondary N) is 3. The van der Waals surface area contributed by atoms with Gasteiger partial charge in [0.2, 0.25) is 0 Å². The molecule has 0 radical (unpaired) electrons. The molecular formula is C17H21N3O6. The molecule has 0 atom stereocenters. The minimum Gasteiger partial charge on any atom is -0.493 e. The van der Waals surface area contributed by atoms with E-state index in [1.54, 1.807) is 32.9 Å². The first kappa shape index (κ1) is 19.1. The van der Waals surface area contributed by atoms with Crippen molar-refractivity contribution in [3.63, 3.8) is 0 Å². The number of ether oxygens (including phenoxy) is 3. The molecule has 1 aliphatic heterocycles. The second-order valence-electron chi connectivity index (χ2n) is 6.36. The summed E-state index contributed by atoms with van der Waals surface area (Å²) in [5.41, 5.74) is -0.0179. The number of anilines is 1. The van der Waals surface area contributed by atoms with Crippen LogP contribution in [0.15, 0.2) is 17.8 Å². The van der Waals surface area contributed by atoms with Crippen LogP contribution in [-0.4, -0.2) is 37.9 Å². The second-order valence-corrected chi connectivity index (χ2v) is 6.36. The minimum absolute atomic E-state index is 0.00814. The zero-order valence-corrected chi connectivity index (χ0v) is 15.2. The molecule has 2 rings (SSSR count). The Morgan fingerprint density at radius 2 is 1.81 bits per heavy atom. The molecule has 1 aliphatic rings. The van der Waals surface area contributed by atoms with E-state index >= 15 is 0 Å². The van der Waals surface area contributed by atoms with Crippen LogP contribution in [0.5, 0.6) is 11.5 Å². The Bertz CT molecular complexity index is 779. The van der Waals surface area contributed by atoms with E-state index in [2.05, 4.69) is 16.0 Å². The maximum atomic E-state index is 12.1. The maximum absolute atomic E-state index is 12.1.